The lowest BCUT2D eigenvalue weighted by molar-refractivity contribution is 0.0206. The number of aliphatic hydroxyl groups excluding tert-OH is 2. The summed E-state index contributed by atoms with van der Waals surface area (Å²) in [5.41, 5.74) is 0.733. The van der Waals surface area contributed by atoms with Crippen LogP contribution in [0.25, 0.3) is 0 Å². The lowest BCUT2D eigenvalue weighted by Gasteiger charge is -2.16. The van der Waals surface area contributed by atoms with E-state index in [1.54, 1.807) is 18.2 Å². The van der Waals surface area contributed by atoms with E-state index in [4.69, 9.17) is 0 Å². The zero-order valence-electron chi connectivity index (χ0n) is 7.43. The van der Waals surface area contributed by atoms with E-state index in [1.807, 2.05) is 18.2 Å². The van der Waals surface area contributed by atoms with Gasteiger partial charge in [-0.25, -0.2) is 0 Å². The van der Waals surface area contributed by atoms with Gasteiger partial charge in [-0.2, -0.15) is 0 Å². The number of aliphatic hydroxyl groups is 2. The fourth-order valence-corrected chi connectivity index (χ4v) is 1.17. The molecule has 0 fully saturated rings. The van der Waals surface area contributed by atoms with E-state index in [1.165, 1.54) is 0 Å². The molecule has 2 nitrogen and oxygen atoms in total. The number of hydrogen-bond donors (Lipinski definition) is 2. The van der Waals surface area contributed by atoms with Crippen molar-refractivity contribution in [1.82, 2.24) is 0 Å². The van der Waals surface area contributed by atoms with Crippen LogP contribution in [-0.2, 0) is 0 Å². The Morgan fingerprint density at radius 3 is 2.38 bits per heavy atom. The van der Waals surface area contributed by atoms with E-state index in [-0.39, 0.29) is 0 Å². The lowest BCUT2D eigenvalue weighted by atomic mass is 10.0. The minimum absolute atomic E-state index is 0.399. The van der Waals surface area contributed by atoms with Crippen LogP contribution in [0, 0.1) is 0 Å². The Balaban J connectivity index is 2.67. The molecule has 0 aromatic heterocycles. The molecule has 2 heteroatoms. The van der Waals surface area contributed by atoms with Gasteiger partial charge in [0.05, 0.1) is 6.10 Å². The molecule has 1 rings (SSSR count). The van der Waals surface area contributed by atoms with E-state index in [0.717, 1.165) is 5.56 Å². The van der Waals surface area contributed by atoms with Crippen LogP contribution in [0.3, 0.4) is 0 Å². The molecule has 2 unspecified atom stereocenters. The first-order valence-corrected chi connectivity index (χ1v) is 4.27. The molecule has 70 valence electrons. The molecular formula is C11H14O2. The standard InChI is InChI=1S/C11H14O2/c1-2-6-10(12)11(13)9-7-4-3-5-8-9/h2-5,7-8,10-13H,1,6H2. The molecule has 0 aliphatic heterocycles. The summed E-state index contributed by atoms with van der Waals surface area (Å²) in [7, 11) is 0. The van der Waals surface area contributed by atoms with Crippen LogP contribution >= 0.6 is 0 Å². The van der Waals surface area contributed by atoms with Crippen LogP contribution in [0.4, 0.5) is 0 Å². The molecule has 0 amide bonds. The van der Waals surface area contributed by atoms with Crippen molar-refractivity contribution < 1.29 is 10.2 Å². The van der Waals surface area contributed by atoms with Gasteiger partial charge in [0.25, 0.3) is 0 Å². The second-order valence-electron chi connectivity index (χ2n) is 2.95. The summed E-state index contributed by atoms with van der Waals surface area (Å²) >= 11 is 0. The third-order valence-corrected chi connectivity index (χ3v) is 1.91. The fraction of sp³-hybridized carbons (Fsp3) is 0.273. The van der Waals surface area contributed by atoms with Gasteiger partial charge in [0.2, 0.25) is 0 Å². The van der Waals surface area contributed by atoms with Crippen molar-refractivity contribution in [3.05, 3.63) is 48.6 Å². The minimum Gasteiger partial charge on any atom is -0.390 e. The zero-order valence-corrected chi connectivity index (χ0v) is 7.43. The quantitative estimate of drug-likeness (QED) is 0.688. The smallest absolute Gasteiger partial charge is 0.105 e. The van der Waals surface area contributed by atoms with Gasteiger partial charge >= 0.3 is 0 Å². The minimum atomic E-state index is -0.820. The molecule has 0 bridgehead atoms. The predicted molar refractivity (Wildman–Crippen MR) is 52.2 cm³/mol. The largest absolute Gasteiger partial charge is 0.390 e. The summed E-state index contributed by atoms with van der Waals surface area (Å²) < 4.78 is 0. The van der Waals surface area contributed by atoms with Crippen LogP contribution in [-0.4, -0.2) is 16.3 Å². The molecule has 0 saturated heterocycles. The molecule has 0 radical (unpaired) electrons. The van der Waals surface area contributed by atoms with Gasteiger partial charge in [-0.3, -0.25) is 0 Å². The first-order valence-electron chi connectivity index (χ1n) is 4.27. The molecule has 13 heavy (non-hydrogen) atoms. The van der Waals surface area contributed by atoms with Crippen molar-refractivity contribution >= 4 is 0 Å². The van der Waals surface area contributed by atoms with Gasteiger partial charge in [-0.15, -0.1) is 6.58 Å². The summed E-state index contributed by atoms with van der Waals surface area (Å²) in [6.45, 7) is 3.51. The number of benzene rings is 1. The molecule has 0 spiro atoms. The summed E-state index contributed by atoms with van der Waals surface area (Å²) in [6.07, 6.45) is 0.409. The van der Waals surface area contributed by atoms with Gasteiger partial charge in [0, 0.05) is 0 Å². The van der Waals surface area contributed by atoms with Gasteiger partial charge < -0.3 is 10.2 Å². The summed E-state index contributed by atoms with van der Waals surface area (Å²) in [5, 5.41) is 19.1. The predicted octanol–water partition coefficient (Wildman–Crippen LogP) is 1.66. The second kappa shape index (κ2) is 4.80. The van der Waals surface area contributed by atoms with Crippen LogP contribution in [0.2, 0.25) is 0 Å². The van der Waals surface area contributed by atoms with Crippen molar-refractivity contribution in [3.63, 3.8) is 0 Å². The Morgan fingerprint density at radius 2 is 1.85 bits per heavy atom. The highest BCUT2D eigenvalue weighted by Gasteiger charge is 2.15. The van der Waals surface area contributed by atoms with Crippen molar-refractivity contribution in [2.24, 2.45) is 0 Å². The molecular weight excluding hydrogens is 164 g/mol. The lowest BCUT2D eigenvalue weighted by Crippen LogP contribution is -2.16. The van der Waals surface area contributed by atoms with Crippen molar-refractivity contribution in [1.29, 1.82) is 0 Å². The molecule has 0 aliphatic rings. The Morgan fingerprint density at radius 1 is 1.23 bits per heavy atom. The van der Waals surface area contributed by atoms with Gasteiger partial charge in [-0.1, -0.05) is 36.4 Å². The highest BCUT2D eigenvalue weighted by Crippen LogP contribution is 2.18. The van der Waals surface area contributed by atoms with E-state index in [2.05, 4.69) is 6.58 Å². The van der Waals surface area contributed by atoms with E-state index in [0.29, 0.717) is 6.42 Å². The topological polar surface area (TPSA) is 40.5 Å². The summed E-state index contributed by atoms with van der Waals surface area (Å²) in [6, 6.07) is 9.11. The maximum Gasteiger partial charge on any atom is 0.105 e. The Kier molecular flexibility index (Phi) is 3.68. The molecule has 1 aromatic rings. The van der Waals surface area contributed by atoms with E-state index < -0.39 is 12.2 Å². The SMILES string of the molecule is C=CCC(O)C(O)c1ccccc1. The maximum atomic E-state index is 9.62. The van der Waals surface area contributed by atoms with Crippen LogP contribution in [0.1, 0.15) is 18.1 Å². The molecule has 0 heterocycles. The van der Waals surface area contributed by atoms with Crippen LogP contribution in [0.15, 0.2) is 43.0 Å². The van der Waals surface area contributed by atoms with Gasteiger partial charge in [0.15, 0.2) is 0 Å². The van der Waals surface area contributed by atoms with Crippen molar-refractivity contribution in [2.75, 3.05) is 0 Å². The average molecular weight is 178 g/mol. The Bertz CT molecular complexity index is 256. The highest BCUT2D eigenvalue weighted by atomic mass is 16.3. The molecule has 0 aliphatic carbocycles. The first kappa shape index (κ1) is 9.96. The van der Waals surface area contributed by atoms with Crippen molar-refractivity contribution in [2.45, 2.75) is 18.6 Å². The van der Waals surface area contributed by atoms with E-state index >= 15 is 0 Å². The van der Waals surface area contributed by atoms with Gasteiger partial charge in [-0.05, 0) is 12.0 Å². The second-order valence-corrected chi connectivity index (χ2v) is 2.95. The van der Waals surface area contributed by atoms with Crippen LogP contribution < -0.4 is 0 Å². The molecule has 2 N–H and O–H groups in total. The summed E-state index contributed by atoms with van der Waals surface area (Å²) in [5.74, 6) is 0. The monoisotopic (exact) mass is 178 g/mol. The van der Waals surface area contributed by atoms with Gasteiger partial charge in [0.1, 0.15) is 6.10 Å². The van der Waals surface area contributed by atoms with Crippen LogP contribution in [0.5, 0.6) is 0 Å². The Hall–Kier alpha value is -1.12. The fourth-order valence-electron chi connectivity index (χ4n) is 1.17. The normalized spacial score (nSPS) is 14.9. The third-order valence-electron chi connectivity index (χ3n) is 1.91. The Labute approximate surface area is 78.2 Å². The first-order chi connectivity index (χ1) is 6.25. The molecule has 2 atom stereocenters. The highest BCUT2D eigenvalue weighted by molar-refractivity contribution is 5.18. The number of hydrogen-bond acceptors (Lipinski definition) is 2. The number of rotatable bonds is 4. The van der Waals surface area contributed by atoms with Crippen molar-refractivity contribution in [3.8, 4) is 0 Å². The third kappa shape index (κ3) is 2.68. The summed E-state index contributed by atoms with van der Waals surface area (Å²) in [4.78, 5) is 0. The zero-order chi connectivity index (χ0) is 9.68. The van der Waals surface area contributed by atoms with E-state index in [9.17, 15) is 10.2 Å². The average Bonchev–Trinajstić information content (AvgIpc) is 2.18. The molecule has 0 saturated carbocycles. The molecule has 1 aromatic carbocycles. The maximum absolute atomic E-state index is 9.62.